The van der Waals surface area contributed by atoms with E-state index in [4.69, 9.17) is 4.42 Å². The molecule has 0 radical (unpaired) electrons. The lowest BCUT2D eigenvalue weighted by atomic mass is 10.0. The first-order valence-electron chi connectivity index (χ1n) is 9.31. The molecule has 0 aliphatic carbocycles. The first kappa shape index (κ1) is 19.3. The van der Waals surface area contributed by atoms with E-state index in [-0.39, 0.29) is 17.6 Å². The Morgan fingerprint density at radius 3 is 2.56 bits per heavy atom. The van der Waals surface area contributed by atoms with Crippen LogP contribution in [0.4, 0.5) is 4.39 Å². The summed E-state index contributed by atoms with van der Waals surface area (Å²) in [5.41, 5.74) is 1.04. The largest absolute Gasteiger partial charge is 0.461 e. The molecule has 6 heteroatoms. The van der Waals surface area contributed by atoms with Crippen molar-refractivity contribution in [2.75, 3.05) is 19.6 Å². The Morgan fingerprint density at radius 2 is 1.93 bits per heavy atom. The minimum Gasteiger partial charge on any atom is -0.461 e. The summed E-state index contributed by atoms with van der Waals surface area (Å²) in [6.07, 6.45) is 2.17. The van der Waals surface area contributed by atoms with Gasteiger partial charge in [-0.1, -0.05) is 26.0 Å². The third-order valence-corrected chi connectivity index (χ3v) is 5.04. The summed E-state index contributed by atoms with van der Waals surface area (Å²) in [6, 6.07) is 9.75. The van der Waals surface area contributed by atoms with E-state index in [1.807, 2.05) is 0 Å². The molecule has 3 rings (SSSR count). The van der Waals surface area contributed by atoms with Crippen LogP contribution in [0.15, 0.2) is 47.1 Å². The fraction of sp³-hybridized carbons (Fsp3) is 0.429. The number of carbonyl (C=O) groups is 2. The van der Waals surface area contributed by atoms with E-state index >= 15 is 0 Å². The highest BCUT2D eigenvalue weighted by Crippen LogP contribution is 2.21. The molecule has 1 aromatic carbocycles. The van der Waals surface area contributed by atoms with Gasteiger partial charge >= 0.3 is 0 Å². The second-order valence-corrected chi connectivity index (χ2v) is 7.32. The Labute approximate surface area is 158 Å². The fourth-order valence-corrected chi connectivity index (χ4v) is 3.56. The van der Waals surface area contributed by atoms with E-state index in [1.165, 1.54) is 24.5 Å². The molecule has 1 fully saturated rings. The molecule has 0 N–H and O–H groups in total. The van der Waals surface area contributed by atoms with Crippen molar-refractivity contribution in [1.82, 2.24) is 9.80 Å². The number of furan rings is 1. The van der Waals surface area contributed by atoms with Gasteiger partial charge in [0.05, 0.1) is 6.26 Å². The van der Waals surface area contributed by atoms with Crippen molar-refractivity contribution in [2.45, 2.75) is 32.9 Å². The summed E-state index contributed by atoms with van der Waals surface area (Å²) in [5, 5.41) is 0. The Hall–Kier alpha value is -2.47. The Morgan fingerprint density at radius 1 is 1.19 bits per heavy atom. The number of carbonyl (C=O) groups excluding carboxylic acids is 2. The molecule has 1 saturated heterocycles. The smallest absolute Gasteiger partial charge is 0.298 e. The molecule has 2 aromatic rings. The standard InChI is InChI=1S/C21H25FN2O3/c1-15(2)18-14-24(21(26)20(25)19-5-3-12-27-19)11-4-10-23(18)13-16-6-8-17(22)9-7-16/h3,5-9,12,15,18H,4,10-11,13-14H2,1-2H3/t18-/m1/s1. The topological polar surface area (TPSA) is 53.8 Å². The van der Waals surface area contributed by atoms with Crippen LogP contribution in [-0.4, -0.2) is 47.2 Å². The maximum atomic E-state index is 13.2. The lowest BCUT2D eigenvalue weighted by Gasteiger charge is -2.34. The minimum absolute atomic E-state index is 0.0773. The predicted octanol–water partition coefficient (Wildman–Crippen LogP) is 3.36. The summed E-state index contributed by atoms with van der Waals surface area (Å²) in [6.45, 7) is 6.77. The van der Waals surface area contributed by atoms with Crippen LogP contribution < -0.4 is 0 Å². The average molecular weight is 372 g/mol. The van der Waals surface area contributed by atoms with Gasteiger partial charge in [0.25, 0.3) is 11.7 Å². The SMILES string of the molecule is CC(C)[C@H]1CN(C(=O)C(=O)c2ccco2)CCCN1Cc1ccc(F)cc1. The van der Waals surface area contributed by atoms with Crippen molar-refractivity contribution in [2.24, 2.45) is 5.92 Å². The summed E-state index contributed by atoms with van der Waals surface area (Å²) >= 11 is 0. The number of amides is 1. The van der Waals surface area contributed by atoms with Crippen LogP contribution in [0.2, 0.25) is 0 Å². The van der Waals surface area contributed by atoms with Gasteiger partial charge in [0.1, 0.15) is 5.82 Å². The van der Waals surface area contributed by atoms with E-state index < -0.39 is 11.7 Å². The summed E-state index contributed by atoms with van der Waals surface area (Å²) in [7, 11) is 0. The zero-order valence-corrected chi connectivity index (χ0v) is 15.7. The fourth-order valence-electron chi connectivity index (χ4n) is 3.56. The second kappa shape index (κ2) is 8.48. The van der Waals surface area contributed by atoms with Gasteiger partial charge in [0, 0.05) is 32.2 Å². The van der Waals surface area contributed by atoms with Crippen molar-refractivity contribution in [3.8, 4) is 0 Å². The monoisotopic (exact) mass is 372 g/mol. The Kier molecular flexibility index (Phi) is 6.06. The Balaban J connectivity index is 1.73. The number of rotatable bonds is 5. The van der Waals surface area contributed by atoms with Crippen LogP contribution in [0.1, 0.15) is 36.4 Å². The van der Waals surface area contributed by atoms with Gasteiger partial charge < -0.3 is 9.32 Å². The van der Waals surface area contributed by atoms with E-state index in [2.05, 4.69) is 18.7 Å². The number of Topliss-reactive ketones (excluding diaryl/α,β-unsaturated/α-hetero) is 1. The molecule has 2 heterocycles. The number of ketones is 1. The van der Waals surface area contributed by atoms with Crippen LogP contribution in [0.5, 0.6) is 0 Å². The second-order valence-electron chi connectivity index (χ2n) is 7.32. The van der Waals surface area contributed by atoms with Gasteiger partial charge in [0.15, 0.2) is 5.76 Å². The van der Waals surface area contributed by atoms with E-state index in [1.54, 1.807) is 23.1 Å². The van der Waals surface area contributed by atoms with Gasteiger partial charge in [-0.3, -0.25) is 14.5 Å². The first-order valence-corrected chi connectivity index (χ1v) is 9.31. The van der Waals surface area contributed by atoms with Gasteiger partial charge in [-0.15, -0.1) is 0 Å². The number of benzene rings is 1. The van der Waals surface area contributed by atoms with Gasteiger partial charge in [-0.2, -0.15) is 0 Å². The normalized spacial score (nSPS) is 18.5. The summed E-state index contributed by atoms with van der Waals surface area (Å²) in [5.74, 6) is -0.983. The molecule has 1 amide bonds. The predicted molar refractivity (Wildman–Crippen MR) is 99.7 cm³/mol. The van der Waals surface area contributed by atoms with Gasteiger partial charge in [-0.25, -0.2) is 4.39 Å². The van der Waals surface area contributed by atoms with Crippen LogP contribution in [-0.2, 0) is 11.3 Å². The van der Waals surface area contributed by atoms with E-state index in [0.717, 1.165) is 18.5 Å². The molecule has 0 unspecified atom stereocenters. The Bertz CT molecular complexity index is 771. The third kappa shape index (κ3) is 4.63. The zero-order chi connectivity index (χ0) is 19.4. The highest BCUT2D eigenvalue weighted by molar-refractivity contribution is 6.41. The number of hydrogen-bond acceptors (Lipinski definition) is 4. The minimum atomic E-state index is -0.602. The van der Waals surface area contributed by atoms with Crippen LogP contribution in [0.25, 0.3) is 0 Å². The number of nitrogens with zero attached hydrogens (tertiary/aromatic N) is 2. The molecule has 1 aliphatic rings. The molecule has 5 nitrogen and oxygen atoms in total. The van der Waals surface area contributed by atoms with Crippen molar-refractivity contribution in [3.63, 3.8) is 0 Å². The highest BCUT2D eigenvalue weighted by atomic mass is 19.1. The molecule has 27 heavy (non-hydrogen) atoms. The summed E-state index contributed by atoms with van der Waals surface area (Å²) < 4.78 is 18.3. The third-order valence-electron chi connectivity index (χ3n) is 5.04. The van der Waals surface area contributed by atoms with Gasteiger partial charge in [0.2, 0.25) is 0 Å². The van der Waals surface area contributed by atoms with Crippen LogP contribution >= 0.6 is 0 Å². The molecular formula is C21H25FN2O3. The maximum absolute atomic E-state index is 13.2. The van der Waals surface area contributed by atoms with Crippen molar-refractivity contribution < 1.29 is 18.4 Å². The molecule has 0 saturated carbocycles. The molecule has 1 aliphatic heterocycles. The molecule has 1 atom stereocenters. The van der Waals surface area contributed by atoms with Crippen molar-refractivity contribution in [3.05, 3.63) is 59.8 Å². The number of hydrogen-bond donors (Lipinski definition) is 0. The van der Waals surface area contributed by atoms with Crippen molar-refractivity contribution in [1.29, 1.82) is 0 Å². The van der Waals surface area contributed by atoms with Gasteiger partial charge in [-0.05, 0) is 42.2 Å². The van der Waals surface area contributed by atoms with Crippen molar-refractivity contribution >= 4 is 11.7 Å². The molecule has 0 spiro atoms. The number of halogens is 1. The molecular weight excluding hydrogens is 347 g/mol. The lowest BCUT2D eigenvalue weighted by Crippen LogP contribution is -2.47. The quantitative estimate of drug-likeness (QED) is 0.597. The molecule has 0 bridgehead atoms. The zero-order valence-electron chi connectivity index (χ0n) is 15.7. The first-order chi connectivity index (χ1) is 13.0. The molecule has 1 aromatic heterocycles. The lowest BCUT2D eigenvalue weighted by molar-refractivity contribution is -0.127. The molecule has 144 valence electrons. The van der Waals surface area contributed by atoms with E-state index in [9.17, 15) is 14.0 Å². The van der Waals surface area contributed by atoms with Crippen LogP contribution in [0.3, 0.4) is 0 Å². The highest BCUT2D eigenvalue weighted by Gasteiger charge is 2.32. The average Bonchev–Trinajstić information content (AvgIpc) is 3.10. The van der Waals surface area contributed by atoms with Crippen LogP contribution in [0, 0.1) is 11.7 Å². The summed E-state index contributed by atoms with van der Waals surface area (Å²) in [4.78, 5) is 29.0. The van der Waals surface area contributed by atoms with E-state index in [0.29, 0.717) is 25.6 Å². The maximum Gasteiger partial charge on any atom is 0.298 e.